The summed E-state index contributed by atoms with van der Waals surface area (Å²) >= 11 is 1.47. The van der Waals surface area contributed by atoms with Crippen LogP contribution in [-0.2, 0) is 0 Å². The monoisotopic (exact) mass is 354 g/mol. The van der Waals surface area contributed by atoms with Crippen LogP contribution in [0, 0.1) is 6.92 Å². The average Bonchev–Trinajstić information content (AvgIpc) is 3.08. The molecule has 3 heterocycles. The van der Waals surface area contributed by atoms with E-state index >= 15 is 0 Å². The molecule has 0 spiro atoms. The van der Waals surface area contributed by atoms with Gasteiger partial charge in [-0.15, -0.1) is 0 Å². The number of amides is 1. The van der Waals surface area contributed by atoms with E-state index < -0.39 is 0 Å². The van der Waals surface area contributed by atoms with Gasteiger partial charge in [-0.25, -0.2) is 9.97 Å². The molecule has 0 aliphatic rings. The fraction of sp³-hybridized carbons (Fsp3) is 0.176. The van der Waals surface area contributed by atoms with Crippen LogP contribution in [0.25, 0.3) is 10.4 Å². The van der Waals surface area contributed by atoms with E-state index in [1.165, 1.54) is 17.5 Å². The highest BCUT2D eigenvalue weighted by molar-refractivity contribution is 7.18. The molecule has 3 rings (SSSR count). The maximum absolute atomic E-state index is 12.0. The van der Waals surface area contributed by atoms with Crippen LogP contribution in [0.15, 0.2) is 43.0 Å². The molecule has 0 saturated heterocycles. The maximum Gasteiger partial charge on any atom is 0.252 e. The van der Waals surface area contributed by atoms with E-state index in [2.05, 4.69) is 25.6 Å². The van der Waals surface area contributed by atoms with Gasteiger partial charge >= 0.3 is 0 Å². The van der Waals surface area contributed by atoms with Crippen molar-refractivity contribution in [2.24, 2.45) is 5.73 Å². The molecule has 0 bridgehead atoms. The fourth-order valence-electron chi connectivity index (χ4n) is 2.17. The van der Waals surface area contributed by atoms with Crippen LogP contribution in [0.5, 0.6) is 0 Å². The molecule has 0 radical (unpaired) electrons. The number of rotatable bonds is 6. The zero-order chi connectivity index (χ0) is 17.6. The number of aromatic nitrogens is 3. The molecule has 1 amide bonds. The van der Waals surface area contributed by atoms with Crippen molar-refractivity contribution in [3.63, 3.8) is 0 Å². The van der Waals surface area contributed by atoms with Crippen molar-refractivity contribution >= 4 is 28.2 Å². The van der Waals surface area contributed by atoms with Crippen molar-refractivity contribution in [2.75, 3.05) is 18.4 Å². The normalized spacial score (nSPS) is 10.5. The predicted octanol–water partition coefficient (Wildman–Crippen LogP) is 2.34. The molecule has 0 aliphatic heterocycles. The minimum absolute atomic E-state index is 0.188. The molecule has 4 N–H and O–H groups in total. The van der Waals surface area contributed by atoms with Crippen LogP contribution >= 0.6 is 11.3 Å². The Balaban J connectivity index is 1.77. The van der Waals surface area contributed by atoms with Crippen molar-refractivity contribution in [3.8, 4) is 10.4 Å². The van der Waals surface area contributed by atoms with Gasteiger partial charge in [0.05, 0.1) is 10.4 Å². The van der Waals surface area contributed by atoms with Gasteiger partial charge in [0.25, 0.3) is 5.91 Å². The largest absolute Gasteiger partial charge is 0.351 e. The fourth-order valence-corrected chi connectivity index (χ4v) is 2.97. The Bertz CT molecular complexity index is 879. The van der Waals surface area contributed by atoms with Crippen molar-refractivity contribution in [3.05, 3.63) is 54.1 Å². The van der Waals surface area contributed by atoms with Crippen LogP contribution in [0.4, 0.5) is 10.9 Å². The van der Waals surface area contributed by atoms with Gasteiger partial charge in [-0.3, -0.25) is 9.78 Å². The third kappa shape index (κ3) is 4.37. The molecular weight excluding hydrogens is 336 g/mol. The summed E-state index contributed by atoms with van der Waals surface area (Å²) in [6.07, 6.45) is 6.75. The molecule has 3 aromatic rings. The lowest BCUT2D eigenvalue weighted by Crippen LogP contribution is -2.29. The lowest BCUT2D eigenvalue weighted by Gasteiger charge is -2.04. The first-order valence-corrected chi connectivity index (χ1v) is 8.56. The minimum Gasteiger partial charge on any atom is -0.351 e. The molecule has 0 aromatic carbocycles. The summed E-state index contributed by atoms with van der Waals surface area (Å²) in [6, 6.07) is 5.68. The van der Waals surface area contributed by atoms with E-state index in [0.29, 0.717) is 18.7 Å². The molecule has 0 saturated carbocycles. The van der Waals surface area contributed by atoms with E-state index in [0.717, 1.165) is 27.0 Å². The van der Waals surface area contributed by atoms with Crippen molar-refractivity contribution < 1.29 is 4.79 Å². The average molecular weight is 354 g/mol. The van der Waals surface area contributed by atoms with Crippen LogP contribution in [0.2, 0.25) is 0 Å². The van der Waals surface area contributed by atoms with Gasteiger partial charge in [-0.1, -0.05) is 11.3 Å². The van der Waals surface area contributed by atoms with Crippen LogP contribution in [0.1, 0.15) is 15.9 Å². The summed E-state index contributed by atoms with van der Waals surface area (Å²) in [5.41, 5.74) is 7.85. The molecule has 3 aromatic heterocycles. The maximum atomic E-state index is 12.0. The van der Waals surface area contributed by atoms with Gasteiger partial charge in [0.1, 0.15) is 5.82 Å². The zero-order valence-corrected chi connectivity index (χ0v) is 14.5. The van der Waals surface area contributed by atoms with Crippen molar-refractivity contribution in [1.82, 2.24) is 20.3 Å². The summed E-state index contributed by atoms with van der Waals surface area (Å²) in [5.74, 6) is 0.556. The third-order valence-corrected chi connectivity index (χ3v) is 4.33. The summed E-state index contributed by atoms with van der Waals surface area (Å²) in [7, 11) is 0. The first-order valence-electron chi connectivity index (χ1n) is 7.75. The van der Waals surface area contributed by atoms with E-state index in [1.54, 1.807) is 24.7 Å². The summed E-state index contributed by atoms with van der Waals surface area (Å²) in [6.45, 7) is 2.84. The Kier molecular flexibility index (Phi) is 5.32. The lowest BCUT2D eigenvalue weighted by atomic mass is 10.2. The smallest absolute Gasteiger partial charge is 0.252 e. The predicted molar refractivity (Wildman–Crippen MR) is 99.0 cm³/mol. The number of hydrogen-bond acceptors (Lipinski definition) is 7. The SMILES string of the molecule is Cc1ccnc(Nc2ncc(-c3cncc(C(=O)NCCN)c3)s2)c1. The summed E-state index contributed by atoms with van der Waals surface area (Å²) < 4.78 is 0. The first-order chi connectivity index (χ1) is 12.2. The standard InChI is InChI=1S/C17H18N6OS/c1-11-2-4-20-15(6-11)23-17-22-10-14(25-17)12-7-13(9-19-8-12)16(24)21-5-3-18/h2,4,6-10H,3,5,18H2,1H3,(H,21,24)(H,20,22,23). The number of carbonyl (C=O) groups is 1. The Morgan fingerprint density at radius 2 is 2.12 bits per heavy atom. The van der Waals surface area contributed by atoms with Crippen LogP contribution < -0.4 is 16.4 Å². The number of anilines is 2. The Labute approximate surface area is 149 Å². The molecule has 0 unspecified atom stereocenters. The van der Waals surface area contributed by atoms with Gasteiger partial charge in [-0.2, -0.15) is 0 Å². The minimum atomic E-state index is -0.188. The van der Waals surface area contributed by atoms with Crippen molar-refractivity contribution in [1.29, 1.82) is 0 Å². The lowest BCUT2D eigenvalue weighted by molar-refractivity contribution is 0.0954. The summed E-state index contributed by atoms with van der Waals surface area (Å²) in [4.78, 5) is 25.7. The quantitative estimate of drug-likeness (QED) is 0.627. The number of nitrogens with two attached hydrogens (primary N) is 1. The molecule has 25 heavy (non-hydrogen) atoms. The Morgan fingerprint density at radius 1 is 1.24 bits per heavy atom. The highest BCUT2D eigenvalue weighted by Gasteiger charge is 2.10. The summed E-state index contributed by atoms with van der Waals surface area (Å²) in [5, 5.41) is 6.64. The molecule has 0 aliphatic carbocycles. The van der Waals surface area contributed by atoms with E-state index in [1.807, 2.05) is 19.1 Å². The third-order valence-electron chi connectivity index (χ3n) is 3.37. The van der Waals surface area contributed by atoms with Gasteiger partial charge in [0, 0.05) is 43.4 Å². The van der Waals surface area contributed by atoms with E-state index in [4.69, 9.17) is 5.73 Å². The zero-order valence-electron chi connectivity index (χ0n) is 13.7. The second-order valence-corrected chi connectivity index (χ2v) is 6.41. The molecular formula is C17H18N6OS. The number of nitrogens with one attached hydrogen (secondary N) is 2. The van der Waals surface area contributed by atoms with Gasteiger partial charge in [0.15, 0.2) is 5.13 Å². The molecule has 7 nitrogen and oxygen atoms in total. The van der Waals surface area contributed by atoms with E-state index in [-0.39, 0.29) is 5.91 Å². The Morgan fingerprint density at radius 3 is 2.92 bits per heavy atom. The molecule has 0 fully saturated rings. The second-order valence-electron chi connectivity index (χ2n) is 5.38. The second kappa shape index (κ2) is 7.82. The number of aryl methyl sites for hydroxylation is 1. The van der Waals surface area contributed by atoms with Crippen LogP contribution in [0.3, 0.4) is 0 Å². The molecule has 8 heteroatoms. The number of pyridine rings is 2. The number of thiazole rings is 1. The number of hydrogen-bond donors (Lipinski definition) is 3. The van der Waals surface area contributed by atoms with Gasteiger partial charge in [-0.05, 0) is 30.7 Å². The Hall–Kier alpha value is -2.84. The van der Waals surface area contributed by atoms with Gasteiger partial charge in [0.2, 0.25) is 0 Å². The van der Waals surface area contributed by atoms with E-state index in [9.17, 15) is 4.79 Å². The topological polar surface area (TPSA) is 106 Å². The van der Waals surface area contributed by atoms with Crippen molar-refractivity contribution in [2.45, 2.75) is 6.92 Å². The molecule has 128 valence electrons. The highest BCUT2D eigenvalue weighted by atomic mass is 32.1. The first kappa shape index (κ1) is 17.0. The van der Waals surface area contributed by atoms with Crippen LogP contribution in [-0.4, -0.2) is 33.9 Å². The number of carbonyl (C=O) groups excluding carboxylic acids is 1. The number of nitrogens with zero attached hydrogens (tertiary/aromatic N) is 3. The van der Waals surface area contributed by atoms with Gasteiger partial charge < -0.3 is 16.4 Å². The molecule has 0 atom stereocenters. The highest BCUT2D eigenvalue weighted by Crippen LogP contribution is 2.30.